The average Bonchev–Trinajstić information content (AvgIpc) is 3.03. The molecule has 0 unspecified atom stereocenters. The number of likely N-dealkylation sites (N-methyl/N-ethyl adjacent to an activating group) is 1. The molecule has 0 radical (unpaired) electrons. The highest BCUT2D eigenvalue weighted by atomic mass is 16.5. The number of benzene rings is 1. The maximum absolute atomic E-state index is 12.7. The summed E-state index contributed by atoms with van der Waals surface area (Å²) in [4.78, 5) is 14.4. The van der Waals surface area contributed by atoms with Crippen molar-refractivity contribution in [3.05, 3.63) is 46.8 Å². The van der Waals surface area contributed by atoms with Gasteiger partial charge in [-0.3, -0.25) is 9.89 Å². The zero-order chi connectivity index (χ0) is 16.2. The number of carbonyl (C=O) groups is 1. The van der Waals surface area contributed by atoms with E-state index in [0.717, 1.165) is 48.3 Å². The summed E-state index contributed by atoms with van der Waals surface area (Å²) in [6, 6.07) is 7.92. The minimum Gasteiger partial charge on any atom is -0.496 e. The summed E-state index contributed by atoms with van der Waals surface area (Å²) < 4.78 is 5.36. The molecule has 122 valence electrons. The zero-order valence-electron chi connectivity index (χ0n) is 13.8. The molecule has 0 aliphatic heterocycles. The van der Waals surface area contributed by atoms with Crippen molar-refractivity contribution >= 4 is 5.91 Å². The minimum absolute atomic E-state index is 0.000650. The number of H-pyrrole nitrogens is 1. The van der Waals surface area contributed by atoms with Crippen LogP contribution in [0.1, 0.15) is 40.2 Å². The molecule has 3 rings (SSSR count). The van der Waals surface area contributed by atoms with Gasteiger partial charge in [0.15, 0.2) is 5.69 Å². The molecule has 1 aliphatic rings. The van der Waals surface area contributed by atoms with Crippen LogP contribution < -0.4 is 4.74 Å². The molecule has 5 nitrogen and oxygen atoms in total. The predicted octanol–water partition coefficient (Wildman–Crippen LogP) is 2.61. The Bertz CT molecular complexity index is 693. The van der Waals surface area contributed by atoms with Gasteiger partial charge in [-0.25, -0.2) is 0 Å². The van der Waals surface area contributed by atoms with E-state index in [0.29, 0.717) is 12.2 Å². The van der Waals surface area contributed by atoms with Gasteiger partial charge in [0.2, 0.25) is 0 Å². The highest BCUT2D eigenvalue weighted by Crippen LogP contribution is 2.23. The number of ether oxygens (including phenoxy) is 1. The van der Waals surface area contributed by atoms with E-state index in [2.05, 4.69) is 10.2 Å². The fourth-order valence-corrected chi connectivity index (χ4v) is 3.14. The van der Waals surface area contributed by atoms with Crippen LogP contribution in [0, 0.1) is 0 Å². The van der Waals surface area contributed by atoms with Gasteiger partial charge in [-0.1, -0.05) is 18.2 Å². The first-order valence-electron chi connectivity index (χ1n) is 8.14. The smallest absolute Gasteiger partial charge is 0.274 e. The van der Waals surface area contributed by atoms with Gasteiger partial charge in [0, 0.05) is 24.8 Å². The lowest BCUT2D eigenvalue weighted by Crippen LogP contribution is -2.30. The summed E-state index contributed by atoms with van der Waals surface area (Å²) in [6.45, 7) is 0.640. The number of hydrogen-bond donors (Lipinski definition) is 1. The largest absolute Gasteiger partial charge is 0.496 e. The van der Waals surface area contributed by atoms with Crippen LogP contribution in [0.15, 0.2) is 24.3 Å². The number of para-hydroxylation sites is 1. The summed E-state index contributed by atoms with van der Waals surface area (Å²) in [5, 5.41) is 7.30. The topological polar surface area (TPSA) is 58.2 Å². The lowest BCUT2D eigenvalue weighted by molar-refractivity contribution is 0.0789. The molecular formula is C18H23N3O2. The second kappa shape index (κ2) is 6.86. The van der Waals surface area contributed by atoms with Gasteiger partial charge in [0.25, 0.3) is 5.91 Å². The van der Waals surface area contributed by atoms with Gasteiger partial charge in [-0.2, -0.15) is 5.10 Å². The summed E-state index contributed by atoms with van der Waals surface area (Å²) >= 11 is 0. The van der Waals surface area contributed by atoms with E-state index in [1.807, 2.05) is 31.3 Å². The molecule has 5 heteroatoms. The van der Waals surface area contributed by atoms with Crippen molar-refractivity contribution in [3.8, 4) is 5.75 Å². The molecule has 0 saturated carbocycles. The summed E-state index contributed by atoms with van der Waals surface area (Å²) in [6.07, 6.45) is 5.02. The fraction of sp³-hybridized carbons (Fsp3) is 0.444. The van der Waals surface area contributed by atoms with E-state index >= 15 is 0 Å². The third-order valence-corrected chi connectivity index (χ3v) is 4.51. The number of nitrogens with one attached hydrogen (secondary N) is 1. The van der Waals surface area contributed by atoms with E-state index in [1.54, 1.807) is 12.0 Å². The van der Waals surface area contributed by atoms with Crippen LogP contribution in [0.2, 0.25) is 0 Å². The molecular weight excluding hydrogens is 290 g/mol. The first-order valence-corrected chi connectivity index (χ1v) is 8.14. The first-order chi connectivity index (χ1) is 11.2. The van der Waals surface area contributed by atoms with Crippen LogP contribution in [0.4, 0.5) is 0 Å². The molecule has 1 aromatic heterocycles. The van der Waals surface area contributed by atoms with Gasteiger partial charge in [-0.15, -0.1) is 0 Å². The Kier molecular flexibility index (Phi) is 4.65. The van der Waals surface area contributed by atoms with E-state index < -0.39 is 0 Å². The first kappa shape index (κ1) is 15.6. The van der Waals surface area contributed by atoms with E-state index in [4.69, 9.17) is 4.74 Å². The minimum atomic E-state index is -0.000650. The number of hydrogen-bond acceptors (Lipinski definition) is 3. The normalized spacial score (nSPS) is 13.5. The average molecular weight is 313 g/mol. The molecule has 2 aromatic rings. The number of aromatic nitrogens is 2. The van der Waals surface area contributed by atoms with Gasteiger partial charge >= 0.3 is 0 Å². The number of carbonyl (C=O) groups excluding carboxylic acids is 1. The molecule has 1 N–H and O–H groups in total. The number of nitrogens with zero attached hydrogens (tertiary/aromatic N) is 2. The number of aryl methyl sites for hydroxylation is 1. The maximum Gasteiger partial charge on any atom is 0.274 e. The molecule has 0 bridgehead atoms. The molecule has 0 fully saturated rings. The lowest BCUT2D eigenvalue weighted by atomic mass is 9.95. The Morgan fingerprint density at radius 3 is 2.91 bits per heavy atom. The van der Waals surface area contributed by atoms with Crippen LogP contribution in [-0.2, 0) is 19.3 Å². The Morgan fingerprint density at radius 1 is 1.30 bits per heavy atom. The van der Waals surface area contributed by atoms with Crippen LogP contribution in [0.5, 0.6) is 5.75 Å². The third kappa shape index (κ3) is 3.23. The van der Waals surface area contributed by atoms with Crippen LogP contribution >= 0.6 is 0 Å². The van der Waals surface area contributed by atoms with E-state index in [9.17, 15) is 4.79 Å². The second-order valence-corrected chi connectivity index (χ2v) is 6.02. The van der Waals surface area contributed by atoms with Crippen molar-refractivity contribution in [1.82, 2.24) is 15.1 Å². The standard InChI is InChI=1S/C18H23N3O2/c1-21(12-11-13-7-3-6-10-16(13)23-2)18(22)17-14-8-4-5-9-15(14)19-20-17/h3,6-7,10H,4-5,8-9,11-12H2,1-2H3,(H,19,20). The van der Waals surface area contributed by atoms with Crippen molar-refractivity contribution in [2.75, 3.05) is 20.7 Å². The molecule has 0 atom stereocenters. The Morgan fingerprint density at radius 2 is 2.09 bits per heavy atom. The van der Waals surface area contributed by atoms with Gasteiger partial charge in [0.05, 0.1) is 7.11 Å². The van der Waals surface area contributed by atoms with Crippen LogP contribution in [-0.4, -0.2) is 41.7 Å². The van der Waals surface area contributed by atoms with Crippen molar-refractivity contribution in [1.29, 1.82) is 0 Å². The molecule has 0 spiro atoms. The van der Waals surface area contributed by atoms with E-state index in [1.165, 1.54) is 6.42 Å². The number of aromatic amines is 1. The summed E-state index contributed by atoms with van der Waals surface area (Å²) in [5.41, 5.74) is 3.96. The van der Waals surface area contributed by atoms with Gasteiger partial charge in [0.1, 0.15) is 5.75 Å². The van der Waals surface area contributed by atoms with Gasteiger partial charge in [-0.05, 0) is 43.7 Å². The molecule has 1 aromatic carbocycles. The van der Waals surface area contributed by atoms with Crippen molar-refractivity contribution in [2.45, 2.75) is 32.1 Å². The Labute approximate surface area is 136 Å². The molecule has 1 heterocycles. The summed E-state index contributed by atoms with van der Waals surface area (Å²) in [5.74, 6) is 0.866. The molecule has 23 heavy (non-hydrogen) atoms. The van der Waals surface area contributed by atoms with Crippen LogP contribution in [0.3, 0.4) is 0 Å². The number of methoxy groups -OCH3 is 1. The van der Waals surface area contributed by atoms with Crippen molar-refractivity contribution in [3.63, 3.8) is 0 Å². The fourth-order valence-electron chi connectivity index (χ4n) is 3.14. The van der Waals surface area contributed by atoms with Crippen molar-refractivity contribution < 1.29 is 9.53 Å². The van der Waals surface area contributed by atoms with Crippen molar-refractivity contribution in [2.24, 2.45) is 0 Å². The number of fused-ring (bicyclic) bond motifs is 1. The number of rotatable bonds is 5. The molecule has 1 aliphatic carbocycles. The number of amides is 1. The molecule has 0 saturated heterocycles. The molecule has 1 amide bonds. The van der Waals surface area contributed by atoms with E-state index in [-0.39, 0.29) is 5.91 Å². The predicted molar refractivity (Wildman–Crippen MR) is 88.9 cm³/mol. The maximum atomic E-state index is 12.7. The van der Waals surface area contributed by atoms with Gasteiger partial charge < -0.3 is 9.64 Å². The highest BCUT2D eigenvalue weighted by Gasteiger charge is 2.23. The Balaban J connectivity index is 1.67. The quantitative estimate of drug-likeness (QED) is 0.923. The summed E-state index contributed by atoms with van der Waals surface area (Å²) in [7, 11) is 3.51. The highest BCUT2D eigenvalue weighted by molar-refractivity contribution is 5.93. The van der Waals surface area contributed by atoms with Crippen LogP contribution in [0.25, 0.3) is 0 Å². The monoisotopic (exact) mass is 313 g/mol. The zero-order valence-corrected chi connectivity index (χ0v) is 13.8. The SMILES string of the molecule is COc1ccccc1CCN(C)C(=O)c1n[nH]c2c1CCCC2. The Hall–Kier alpha value is -2.30. The second-order valence-electron chi connectivity index (χ2n) is 6.02. The lowest BCUT2D eigenvalue weighted by Gasteiger charge is -2.18. The third-order valence-electron chi connectivity index (χ3n) is 4.51.